The number of nitrogens with two attached hydrogens (primary N) is 2. The van der Waals surface area contributed by atoms with E-state index in [0.717, 1.165) is 33.9 Å². The summed E-state index contributed by atoms with van der Waals surface area (Å²) in [6.07, 6.45) is 0. The van der Waals surface area contributed by atoms with Gasteiger partial charge in [0, 0.05) is 21.1 Å². The number of hydrogen-bond donors (Lipinski definition) is 4. The van der Waals surface area contributed by atoms with E-state index in [-0.39, 0.29) is 24.8 Å². The molecular formula is C32H32Cl2N6S. The summed E-state index contributed by atoms with van der Waals surface area (Å²) in [4.78, 5) is 11.2. The fourth-order valence-electron chi connectivity index (χ4n) is 3.95. The Bertz CT molecular complexity index is 1490. The largest absolute Gasteiger partial charge is 0.369 e. The van der Waals surface area contributed by atoms with Crippen molar-refractivity contribution in [3.05, 3.63) is 120 Å². The lowest BCUT2D eigenvalue weighted by Crippen LogP contribution is -2.21. The maximum atomic E-state index is 6.09. The maximum absolute atomic E-state index is 6.09. The molecule has 0 spiro atoms. The Morgan fingerprint density at radius 2 is 0.854 bits per heavy atom. The Hall–Kier alpha value is -4.30. The Morgan fingerprint density at radius 3 is 1.20 bits per heavy atom. The summed E-state index contributed by atoms with van der Waals surface area (Å²) in [7, 11) is 0. The number of halogens is 2. The zero-order chi connectivity index (χ0) is 27.2. The molecule has 0 saturated carbocycles. The third-order valence-corrected chi connectivity index (χ3v) is 7.24. The van der Waals surface area contributed by atoms with Crippen molar-refractivity contribution in [2.24, 2.45) is 21.5 Å². The molecule has 41 heavy (non-hydrogen) atoms. The molecule has 0 aliphatic heterocycles. The van der Waals surface area contributed by atoms with Crippen molar-refractivity contribution < 1.29 is 0 Å². The zero-order valence-corrected chi connectivity index (χ0v) is 25.1. The third kappa shape index (κ3) is 8.59. The van der Waals surface area contributed by atoms with Crippen LogP contribution in [-0.4, -0.2) is 11.9 Å². The van der Waals surface area contributed by atoms with Gasteiger partial charge in [0.1, 0.15) is 0 Å². The quantitative estimate of drug-likeness (QED) is 0.115. The average molecular weight is 604 g/mol. The number of aryl methyl sites for hydroxylation is 2. The van der Waals surface area contributed by atoms with Crippen LogP contribution in [0.4, 0.5) is 22.7 Å². The molecule has 1 heterocycles. The minimum Gasteiger partial charge on any atom is -0.369 e. The van der Waals surface area contributed by atoms with Crippen LogP contribution in [0.15, 0.2) is 119 Å². The van der Waals surface area contributed by atoms with Crippen molar-refractivity contribution in [3.8, 4) is 20.9 Å². The van der Waals surface area contributed by atoms with Crippen LogP contribution < -0.4 is 22.1 Å². The first-order chi connectivity index (χ1) is 18.9. The molecule has 1 aromatic heterocycles. The van der Waals surface area contributed by atoms with Crippen LogP contribution in [0.3, 0.4) is 0 Å². The van der Waals surface area contributed by atoms with Crippen molar-refractivity contribution >= 4 is 70.8 Å². The fraction of sp³-hybridized carbons (Fsp3) is 0.0625. The summed E-state index contributed by atoms with van der Waals surface area (Å²) in [6.45, 7) is 4.09. The van der Waals surface area contributed by atoms with Gasteiger partial charge in [-0.05, 0) is 85.6 Å². The molecule has 0 atom stereocenters. The van der Waals surface area contributed by atoms with E-state index in [1.807, 2.05) is 86.6 Å². The van der Waals surface area contributed by atoms with Gasteiger partial charge in [-0.3, -0.25) is 0 Å². The van der Waals surface area contributed by atoms with Crippen LogP contribution >= 0.6 is 36.2 Å². The van der Waals surface area contributed by atoms with Gasteiger partial charge in [0.25, 0.3) is 0 Å². The molecule has 0 aliphatic carbocycles. The monoisotopic (exact) mass is 602 g/mol. The highest BCUT2D eigenvalue weighted by atomic mass is 35.5. The lowest BCUT2D eigenvalue weighted by molar-refractivity contribution is 1.40. The second-order valence-corrected chi connectivity index (χ2v) is 10.3. The van der Waals surface area contributed by atoms with E-state index in [1.54, 1.807) is 11.3 Å². The number of aliphatic imine (C=N–C) groups is 2. The maximum Gasteiger partial charge on any atom is 0.198 e. The lowest BCUT2D eigenvalue weighted by atomic mass is 10.1. The summed E-state index contributed by atoms with van der Waals surface area (Å²) < 4.78 is 0. The second-order valence-electron chi connectivity index (χ2n) is 9.23. The van der Waals surface area contributed by atoms with E-state index < -0.39 is 0 Å². The number of anilines is 2. The first kappa shape index (κ1) is 31.2. The molecule has 5 rings (SSSR count). The first-order valence-corrected chi connectivity index (χ1v) is 13.4. The summed E-state index contributed by atoms with van der Waals surface area (Å²) in [6, 6.07) is 36.5. The highest BCUT2D eigenvalue weighted by Gasteiger charge is 2.07. The van der Waals surface area contributed by atoms with Gasteiger partial charge in [0.2, 0.25) is 0 Å². The van der Waals surface area contributed by atoms with E-state index in [0.29, 0.717) is 11.9 Å². The third-order valence-electron chi connectivity index (χ3n) is 6.06. The highest BCUT2D eigenvalue weighted by molar-refractivity contribution is 7.18. The molecule has 4 aromatic carbocycles. The van der Waals surface area contributed by atoms with Crippen molar-refractivity contribution in [1.29, 1.82) is 0 Å². The van der Waals surface area contributed by atoms with E-state index in [2.05, 4.69) is 57.0 Å². The van der Waals surface area contributed by atoms with E-state index >= 15 is 0 Å². The lowest BCUT2D eigenvalue weighted by Gasteiger charge is -2.07. The number of benzene rings is 4. The van der Waals surface area contributed by atoms with E-state index in [1.165, 1.54) is 20.9 Å². The van der Waals surface area contributed by atoms with Crippen molar-refractivity contribution in [1.82, 2.24) is 0 Å². The first-order valence-electron chi connectivity index (χ1n) is 12.6. The standard InChI is InChI=1S/C32H30N6S.2ClH/c1-21-3-11-25(12-4-21)35-31(33)37-27-15-7-23(8-16-27)29-19-20-30(39-29)24-9-17-28(18-10-24)38-32(34)36-26-13-5-22(2)6-14-26;;/h3-20H,1-2H3,(H3,33,35,37)(H3,34,36,38);2*1H. The molecule has 5 aromatic rings. The van der Waals surface area contributed by atoms with Crippen LogP contribution in [0.1, 0.15) is 11.1 Å². The molecule has 210 valence electrons. The summed E-state index contributed by atoms with van der Waals surface area (Å²) in [5.41, 5.74) is 20.2. The number of nitrogens with one attached hydrogen (secondary N) is 2. The van der Waals surface area contributed by atoms with Crippen LogP contribution in [0.25, 0.3) is 20.9 Å². The molecule has 6 nitrogen and oxygen atoms in total. The van der Waals surface area contributed by atoms with Gasteiger partial charge >= 0.3 is 0 Å². The normalized spacial score (nSPS) is 11.3. The van der Waals surface area contributed by atoms with Crippen molar-refractivity contribution in [2.75, 3.05) is 10.6 Å². The van der Waals surface area contributed by atoms with Gasteiger partial charge in [0.05, 0.1) is 11.4 Å². The topological polar surface area (TPSA) is 101 Å². The zero-order valence-electron chi connectivity index (χ0n) is 22.7. The van der Waals surface area contributed by atoms with Gasteiger partial charge in [-0.1, -0.05) is 59.7 Å². The van der Waals surface area contributed by atoms with Crippen LogP contribution in [0, 0.1) is 13.8 Å². The SMILES string of the molecule is Cc1ccc(N=C(N)Nc2ccc(-c3ccc(-c4ccc(NC(N)=Nc5ccc(C)cc5)cc4)s3)cc2)cc1.Cl.Cl. The summed E-state index contributed by atoms with van der Waals surface area (Å²) in [5, 5.41) is 6.31. The van der Waals surface area contributed by atoms with Crippen molar-refractivity contribution in [2.45, 2.75) is 13.8 Å². The van der Waals surface area contributed by atoms with Gasteiger partial charge in [-0.2, -0.15) is 0 Å². The molecule has 0 radical (unpaired) electrons. The molecule has 0 saturated heterocycles. The smallest absolute Gasteiger partial charge is 0.198 e. The van der Waals surface area contributed by atoms with E-state index in [9.17, 15) is 0 Å². The Balaban J connectivity index is 0.00000231. The number of guanidine groups is 2. The Kier molecular flexibility index (Phi) is 10.9. The van der Waals surface area contributed by atoms with Crippen LogP contribution in [-0.2, 0) is 0 Å². The molecule has 0 bridgehead atoms. The molecule has 0 aliphatic rings. The molecule has 9 heteroatoms. The minimum atomic E-state index is 0. The number of hydrogen-bond acceptors (Lipinski definition) is 3. The summed E-state index contributed by atoms with van der Waals surface area (Å²) in [5.74, 6) is 0.706. The molecule has 0 amide bonds. The number of nitrogens with zero attached hydrogens (tertiary/aromatic N) is 2. The van der Waals surface area contributed by atoms with Crippen molar-refractivity contribution in [3.63, 3.8) is 0 Å². The second kappa shape index (κ2) is 14.4. The predicted octanol–water partition coefficient (Wildman–Crippen LogP) is 8.66. The predicted molar refractivity (Wildman–Crippen MR) is 182 cm³/mol. The van der Waals surface area contributed by atoms with Gasteiger partial charge < -0.3 is 22.1 Å². The van der Waals surface area contributed by atoms with Gasteiger partial charge in [-0.25, -0.2) is 9.98 Å². The molecule has 0 fully saturated rings. The van der Waals surface area contributed by atoms with Gasteiger partial charge in [-0.15, -0.1) is 36.2 Å². The molecular weight excluding hydrogens is 571 g/mol. The number of thiophene rings is 1. The van der Waals surface area contributed by atoms with Gasteiger partial charge in [0.15, 0.2) is 11.9 Å². The van der Waals surface area contributed by atoms with Crippen LogP contribution in [0.5, 0.6) is 0 Å². The Labute approximate surface area is 257 Å². The fourth-order valence-corrected chi connectivity index (χ4v) is 4.97. The summed E-state index contributed by atoms with van der Waals surface area (Å²) >= 11 is 1.75. The highest BCUT2D eigenvalue weighted by Crippen LogP contribution is 2.35. The molecule has 0 unspecified atom stereocenters. The number of rotatable bonds is 6. The average Bonchev–Trinajstić information content (AvgIpc) is 3.42. The van der Waals surface area contributed by atoms with Crippen LogP contribution in [0.2, 0.25) is 0 Å². The minimum absolute atomic E-state index is 0. The molecule has 6 N–H and O–H groups in total. The van der Waals surface area contributed by atoms with E-state index in [4.69, 9.17) is 11.5 Å². The Morgan fingerprint density at radius 1 is 0.512 bits per heavy atom.